The summed E-state index contributed by atoms with van der Waals surface area (Å²) in [6.45, 7) is 9.71. The van der Waals surface area contributed by atoms with Gasteiger partial charge in [-0.05, 0) is 22.6 Å². The Morgan fingerprint density at radius 3 is 2.40 bits per heavy atom. The quantitative estimate of drug-likeness (QED) is 0.548. The molecule has 1 aromatic carbocycles. The minimum absolute atomic E-state index is 0.0604. The third-order valence-corrected chi connectivity index (χ3v) is 2.21. The molecule has 0 aliphatic carbocycles. The first-order valence-corrected chi connectivity index (χ1v) is 4.68. The first-order valence-electron chi connectivity index (χ1n) is 4.68. The molecule has 0 aliphatic rings. The average molecular weight is 204 g/mol. The maximum Gasteiger partial charge on any atom is 0.270 e. The number of hydrogen-bond donors (Lipinski definition) is 0. The second-order valence-electron chi connectivity index (χ2n) is 4.41. The Morgan fingerprint density at radius 1 is 1.40 bits per heavy atom. The van der Waals surface area contributed by atoms with Crippen LogP contribution in [0.15, 0.2) is 24.8 Å². The summed E-state index contributed by atoms with van der Waals surface area (Å²) in [6, 6.07) is 4.79. The Labute approximate surface area is 89.6 Å². The highest BCUT2D eigenvalue weighted by Crippen LogP contribution is 2.28. The molecule has 1 radical (unpaired) electrons. The summed E-state index contributed by atoms with van der Waals surface area (Å²) < 4.78 is 0. The lowest BCUT2D eigenvalue weighted by atomic mass is 9.83. The maximum absolute atomic E-state index is 10.6. The summed E-state index contributed by atoms with van der Waals surface area (Å²) in [5.41, 5.74) is 1.74. The van der Waals surface area contributed by atoms with Crippen LogP contribution in [0.2, 0.25) is 0 Å². The second-order valence-corrected chi connectivity index (χ2v) is 4.41. The molecule has 0 unspecified atom stereocenters. The van der Waals surface area contributed by atoms with Crippen LogP contribution in [-0.2, 0) is 5.41 Å². The fraction of sp³-hybridized carbons (Fsp3) is 0.333. The number of non-ortho nitro benzene ring substituents is 1. The maximum atomic E-state index is 10.6. The Balaban J connectivity index is 3.33. The van der Waals surface area contributed by atoms with Gasteiger partial charge in [-0.2, -0.15) is 0 Å². The van der Waals surface area contributed by atoms with Gasteiger partial charge in [-0.1, -0.05) is 33.4 Å². The predicted octanol–water partition coefficient (Wildman–Crippen LogP) is 3.23. The zero-order chi connectivity index (χ0) is 11.6. The van der Waals surface area contributed by atoms with E-state index in [-0.39, 0.29) is 11.1 Å². The highest BCUT2D eigenvalue weighted by atomic mass is 16.6. The molecule has 79 valence electrons. The first-order chi connectivity index (χ1) is 6.86. The standard InChI is InChI=1S/C12H14NO2/c1-5-9-8-10(13(14)15)6-7-11(9)12(2,3)4/h6-8H,1H2,2-4H3. The van der Waals surface area contributed by atoms with E-state index in [2.05, 4.69) is 33.4 Å². The molecule has 0 saturated carbocycles. The number of hydrogen-bond acceptors (Lipinski definition) is 2. The van der Waals surface area contributed by atoms with Crippen molar-refractivity contribution in [2.24, 2.45) is 0 Å². The van der Waals surface area contributed by atoms with Crippen molar-refractivity contribution in [3.05, 3.63) is 52.1 Å². The highest BCUT2D eigenvalue weighted by Gasteiger charge is 2.19. The van der Waals surface area contributed by atoms with Gasteiger partial charge in [0.25, 0.3) is 5.69 Å². The third-order valence-electron chi connectivity index (χ3n) is 2.21. The van der Waals surface area contributed by atoms with Gasteiger partial charge < -0.3 is 0 Å². The lowest BCUT2D eigenvalue weighted by molar-refractivity contribution is -0.384. The fourth-order valence-corrected chi connectivity index (χ4v) is 1.45. The summed E-state index contributed by atoms with van der Waals surface area (Å²) in [5.74, 6) is 0. The molecule has 0 bridgehead atoms. The zero-order valence-electron chi connectivity index (χ0n) is 9.20. The number of nitrogens with zero attached hydrogens (tertiary/aromatic N) is 1. The minimum atomic E-state index is -0.409. The van der Waals surface area contributed by atoms with Gasteiger partial charge in [0.05, 0.1) is 4.92 Å². The van der Waals surface area contributed by atoms with Crippen LogP contribution in [-0.4, -0.2) is 4.92 Å². The van der Waals surface area contributed by atoms with Gasteiger partial charge in [0.1, 0.15) is 0 Å². The van der Waals surface area contributed by atoms with Crippen molar-refractivity contribution in [2.45, 2.75) is 26.2 Å². The summed E-state index contributed by atoms with van der Waals surface area (Å²) in [7, 11) is 0. The van der Waals surface area contributed by atoms with Crippen molar-refractivity contribution >= 4 is 5.69 Å². The van der Waals surface area contributed by atoms with Crippen LogP contribution < -0.4 is 0 Å². The normalized spacial score (nSPS) is 11.1. The smallest absolute Gasteiger partial charge is 0.258 e. The molecule has 1 rings (SSSR count). The van der Waals surface area contributed by atoms with Crippen LogP contribution in [0.25, 0.3) is 0 Å². The molecule has 0 amide bonds. The van der Waals surface area contributed by atoms with Gasteiger partial charge >= 0.3 is 0 Å². The molecule has 0 N–H and O–H groups in total. The van der Waals surface area contributed by atoms with Crippen molar-refractivity contribution in [1.29, 1.82) is 0 Å². The van der Waals surface area contributed by atoms with E-state index in [9.17, 15) is 10.1 Å². The van der Waals surface area contributed by atoms with E-state index >= 15 is 0 Å². The highest BCUT2D eigenvalue weighted by molar-refractivity contribution is 5.45. The van der Waals surface area contributed by atoms with Crippen LogP contribution >= 0.6 is 0 Å². The summed E-state index contributed by atoms with van der Waals surface area (Å²) in [6.07, 6.45) is 2.74. The Hall–Kier alpha value is -1.64. The van der Waals surface area contributed by atoms with Gasteiger partial charge in [0, 0.05) is 12.1 Å². The van der Waals surface area contributed by atoms with E-state index in [1.807, 2.05) is 0 Å². The first kappa shape index (κ1) is 11.4. The number of rotatable bonds is 2. The van der Waals surface area contributed by atoms with Gasteiger partial charge in [-0.25, -0.2) is 0 Å². The van der Waals surface area contributed by atoms with Crippen molar-refractivity contribution in [2.75, 3.05) is 0 Å². The lowest BCUT2D eigenvalue weighted by Gasteiger charge is -2.21. The van der Waals surface area contributed by atoms with E-state index in [0.717, 1.165) is 5.56 Å². The van der Waals surface area contributed by atoms with E-state index in [0.29, 0.717) is 5.56 Å². The monoisotopic (exact) mass is 204 g/mol. The van der Waals surface area contributed by atoms with Crippen molar-refractivity contribution in [3.8, 4) is 0 Å². The number of nitro benzene ring substituents is 1. The largest absolute Gasteiger partial charge is 0.270 e. The molecule has 3 nitrogen and oxygen atoms in total. The average Bonchev–Trinajstić information content (AvgIpc) is 2.15. The SMILES string of the molecule is C=[C]c1cc([N+](=O)[O-])ccc1C(C)(C)C. The Kier molecular flexibility index (Phi) is 2.93. The molecule has 0 aliphatic heterocycles. The molecule has 0 atom stereocenters. The van der Waals surface area contributed by atoms with Gasteiger partial charge in [0.15, 0.2) is 0 Å². The van der Waals surface area contributed by atoms with Crippen LogP contribution in [0.4, 0.5) is 5.69 Å². The van der Waals surface area contributed by atoms with Crippen molar-refractivity contribution in [1.82, 2.24) is 0 Å². The van der Waals surface area contributed by atoms with Gasteiger partial charge in [-0.3, -0.25) is 10.1 Å². The molecule has 0 aromatic heterocycles. The van der Waals surface area contributed by atoms with Crippen LogP contribution in [0.5, 0.6) is 0 Å². The Morgan fingerprint density at radius 2 is 2.00 bits per heavy atom. The van der Waals surface area contributed by atoms with Crippen LogP contribution in [0, 0.1) is 16.2 Å². The number of benzene rings is 1. The van der Waals surface area contributed by atoms with Gasteiger partial charge in [0.2, 0.25) is 0 Å². The molecule has 0 fully saturated rings. The predicted molar refractivity (Wildman–Crippen MR) is 59.8 cm³/mol. The van der Waals surface area contributed by atoms with Crippen molar-refractivity contribution < 1.29 is 4.92 Å². The van der Waals surface area contributed by atoms with E-state index < -0.39 is 4.92 Å². The van der Waals surface area contributed by atoms with E-state index in [4.69, 9.17) is 0 Å². The molecular formula is C12H14NO2. The molecule has 1 aromatic rings. The fourth-order valence-electron chi connectivity index (χ4n) is 1.45. The van der Waals surface area contributed by atoms with Crippen LogP contribution in [0.3, 0.4) is 0 Å². The van der Waals surface area contributed by atoms with Gasteiger partial charge in [-0.15, -0.1) is 0 Å². The third kappa shape index (κ3) is 2.43. The molecule has 0 heterocycles. The molecular weight excluding hydrogens is 190 g/mol. The summed E-state index contributed by atoms with van der Waals surface area (Å²) in [5, 5.41) is 10.6. The summed E-state index contributed by atoms with van der Waals surface area (Å²) in [4.78, 5) is 10.2. The van der Waals surface area contributed by atoms with E-state index in [1.54, 1.807) is 6.07 Å². The van der Waals surface area contributed by atoms with Crippen molar-refractivity contribution in [3.63, 3.8) is 0 Å². The molecule has 0 saturated heterocycles. The van der Waals surface area contributed by atoms with E-state index in [1.165, 1.54) is 12.1 Å². The molecule has 0 spiro atoms. The van der Waals surface area contributed by atoms with Crippen LogP contribution in [0.1, 0.15) is 31.9 Å². The second kappa shape index (κ2) is 3.85. The topological polar surface area (TPSA) is 43.1 Å². The molecule has 3 heteroatoms. The lowest BCUT2D eigenvalue weighted by Crippen LogP contribution is -2.13. The Bertz CT molecular complexity index is 403. The minimum Gasteiger partial charge on any atom is -0.258 e. The summed E-state index contributed by atoms with van der Waals surface area (Å²) >= 11 is 0. The molecule has 15 heavy (non-hydrogen) atoms. The number of nitro groups is 1. The zero-order valence-corrected chi connectivity index (χ0v) is 9.20.